The number of phenols is 1. The van der Waals surface area contributed by atoms with Gasteiger partial charge in [-0.05, 0) is 38.8 Å². The Labute approximate surface area is 113 Å². The molecular formula is C14H21NO4. The van der Waals surface area contributed by atoms with Gasteiger partial charge in [0.25, 0.3) is 0 Å². The number of hydrogen-bond acceptors (Lipinski definition) is 4. The molecule has 0 aromatic heterocycles. The van der Waals surface area contributed by atoms with Crippen molar-refractivity contribution in [1.82, 2.24) is 5.32 Å². The van der Waals surface area contributed by atoms with Gasteiger partial charge in [-0.25, -0.2) is 4.79 Å². The SMILES string of the molecule is COc1ccc(CCNC(=O)OC(C)(C)C)c(O)c1. The number of carbonyl (C=O) groups excluding carboxylic acids is 1. The molecule has 1 amide bonds. The van der Waals surface area contributed by atoms with Crippen LogP contribution >= 0.6 is 0 Å². The fourth-order valence-electron chi connectivity index (χ4n) is 1.50. The molecule has 5 heteroatoms. The highest BCUT2D eigenvalue weighted by molar-refractivity contribution is 5.67. The third-order valence-electron chi connectivity index (χ3n) is 2.36. The second-order valence-electron chi connectivity index (χ2n) is 5.17. The molecule has 5 nitrogen and oxygen atoms in total. The van der Waals surface area contributed by atoms with E-state index >= 15 is 0 Å². The van der Waals surface area contributed by atoms with Crippen molar-refractivity contribution in [3.63, 3.8) is 0 Å². The van der Waals surface area contributed by atoms with E-state index in [0.717, 1.165) is 5.56 Å². The van der Waals surface area contributed by atoms with Crippen LogP contribution in [-0.4, -0.2) is 30.5 Å². The summed E-state index contributed by atoms with van der Waals surface area (Å²) in [6.45, 7) is 5.82. The molecule has 0 fully saturated rings. The topological polar surface area (TPSA) is 67.8 Å². The number of rotatable bonds is 4. The molecule has 0 saturated carbocycles. The van der Waals surface area contributed by atoms with Crippen molar-refractivity contribution in [2.75, 3.05) is 13.7 Å². The van der Waals surface area contributed by atoms with Crippen LogP contribution in [0.4, 0.5) is 4.79 Å². The Bertz CT molecular complexity index is 438. The molecule has 0 aliphatic rings. The van der Waals surface area contributed by atoms with Gasteiger partial charge in [0.05, 0.1) is 7.11 Å². The average molecular weight is 267 g/mol. The molecule has 19 heavy (non-hydrogen) atoms. The summed E-state index contributed by atoms with van der Waals surface area (Å²) in [7, 11) is 1.54. The van der Waals surface area contributed by atoms with Gasteiger partial charge < -0.3 is 19.9 Å². The summed E-state index contributed by atoms with van der Waals surface area (Å²) in [4.78, 5) is 11.4. The van der Waals surface area contributed by atoms with Crippen molar-refractivity contribution in [2.45, 2.75) is 32.8 Å². The van der Waals surface area contributed by atoms with E-state index < -0.39 is 11.7 Å². The standard InChI is InChI=1S/C14H21NO4/c1-14(2,3)19-13(17)15-8-7-10-5-6-11(18-4)9-12(10)16/h5-6,9,16H,7-8H2,1-4H3,(H,15,17). The quantitative estimate of drug-likeness (QED) is 0.879. The van der Waals surface area contributed by atoms with Gasteiger partial charge in [0, 0.05) is 12.6 Å². The van der Waals surface area contributed by atoms with Crippen LogP contribution in [0.1, 0.15) is 26.3 Å². The molecule has 2 N–H and O–H groups in total. The van der Waals surface area contributed by atoms with E-state index in [2.05, 4.69) is 5.32 Å². The molecule has 0 spiro atoms. The molecule has 0 radical (unpaired) electrons. The normalized spacial score (nSPS) is 10.9. The second-order valence-corrected chi connectivity index (χ2v) is 5.17. The molecule has 1 rings (SSSR count). The van der Waals surface area contributed by atoms with E-state index in [-0.39, 0.29) is 5.75 Å². The lowest BCUT2D eigenvalue weighted by Gasteiger charge is -2.19. The zero-order valence-electron chi connectivity index (χ0n) is 11.8. The molecular weight excluding hydrogens is 246 g/mol. The van der Waals surface area contributed by atoms with E-state index in [1.165, 1.54) is 0 Å². The number of ether oxygens (including phenoxy) is 2. The molecule has 0 atom stereocenters. The van der Waals surface area contributed by atoms with Gasteiger partial charge in [0.2, 0.25) is 0 Å². The molecule has 0 aliphatic carbocycles. The van der Waals surface area contributed by atoms with Crippen molar-refractivity contribution in [1.29, 1.82) is 0 Å². The number of nitrogens with one attached hydrogen (secondary N) is 1. The zero-order valence-corrected chi connectivity index (χ0v) is 11.8. The number of aromatic hydroxyl groups is 1. The molecule has 0 aliphatic heterocycles. The molecule has 106 valence electrons. The minimum atomic E-state index is -0.508. The van der Waals surface area contributed by atoms with Gasteiger partial charge in [-0.15, -0.1) is 0 Å². The summed E-state index contributed by atoms with van der Waals surface area (Å²) in [5, 5.41) is 12.4. The fraction of sp³-hybridized carbons (Fsp3) is 0.500. The summed E-state index contributed by atoms with van der Waals surface area (Å²) in [5.41, 5.74) is 0.239. The maximum atomic E-state index is 11.4. The minimum Gasteiger partial charge on any atom is -0.508 e. The number of methoxy groups -OCH3 is 1. The molecule has 0 heterocycles. The highest BCUT2D eigenvalue weighted by Gasteiger charge is 2.15. The maximum absolute atomic E-state index is 11.4. The van der Waals surface area contributed by atoms with Crippen LogP contribution in [0, 0.1) is 0 Å². The Morgan fingerprint density at radius 1 is 1.37 bits per heavy atom. The van der Waals surface area contributed by atoms with Gasteiger partial charge in [0.15, 0.2) is 0 Å². The smallest absolute Gasteiger partial charge is 0.407 e. The lowest BCUT2D eigenvalue weighted by Crippen LogP contribution is -2.33. The van der Waals surface area contributed by atoms with Crippen LogP contribution in [0.15, 0.2) is 18.2 Å². The lowest BCUT2D eigenvalue weighted by molar-refractivity contribution is 0.0528. The number of amides is 1. The van der Waals surface area contributed by atoms with Crippen LogP contribution in [-0.2, 0) is 11.2 Å². The van der Waals surface area contributed by atoms with Crippen LogP contribution in [0.25, 0.3) is 0 Å². The number of alkyl carbamates (subject to hydrolysis) is 1. The van der Waals surface area contributed by atoms with Gasteiger partial charge in [-0.1, -0.05) is 6.07 Å². The second kappa shape index (κ2) is 6.31. The van der Waals surface area contributed by atoms with Crippen molar-refractivity contribution < 1.29 is 19.4 Å². The van der Waals surface area contributed by atoms with Gasteiger partial charge in [0.1, 0.15) is 17.1 Å². The summed E-state index contributed by atoms with van der Waals surface area (Å²) < 4.78 is 10.1. The number of phenolic OH excluding ortho intramolecular Hbond substituents is 1. The predicted molar refractivity (Wildman–Crippen MR) is 72.6 cm³/mol. The highest BCUT2D eigenvalue weighted by Crippen LogP contribution is 2.23. The Hall–Kier alpha value is -1.91. The first-order valence-electron chi connectivity index (χ1n) is 6.14. The van der Waals surface area contributed by atoms with E-state index in [9.17, 15) is 9.90 Å². The zero-order chi connectivity index (χ0) is 14.5. The Morgan fingerprint density at radius 2 is 2.05 bits per heavy atom. The van der Waals surface area contributed by atoms with Gasteiger partial charge in [-0.3, -0.25) is 0 Å². The largest absolute Gasteiger partial charge is 0.508 e. The number of carbonyl (C=O) groups is 1. The predicted octanol–water partition coefficient (Wildman–Crippen LogP) is 2.47. The van der Waals surface area contributed by atoms with E-state index in [1.807, 2.05) is 20.8 Å². The summed E-state index contributed by atoms with van der Waals surface area (Å²) in [6.07, 6.45) is 0.0650. The van der Waals surface area contributed by atoms with Crippen LogP contribution < -0.4 is 10.1 Å². The third-order valence-corrected chi connectivity index (χ3v) is 2.36. The average Bonchev–Trinajstić information content (AvgIpc) is 2.28. The lowest BCUT2D eigenvalue weighted by atomic mass is 10.1. The van der Waals surface area contributed by atoms with E-state index in [1.54, 1.807) is 25.3 Å². The fourth-order valence-corrected chi connectivity index (χ4v) is 1.50. The maximum Gasteiger partial charge on any atom is 0.407 e. The van der Waals surface area contributed by atoms with Crippen molar-refractivity contribution in [2.24, 2.45) is 0 Å². The van der Waals surface area contributed by atoms with Crippen molar-refractivity contribution >= 4 is 6.09 Å². The van der Waals surface area contributed by atoms with E-state index in [4.69, 9.17) is 9.47 Å². The Balaban J connectivity index is 2.43. The van der Waals surface area contributed by atoms with Crippen LogP contribution in [0.2, 0.25) is 0 Å². The van der Waals surface area contributed by atoms with Gasteiger partial charge >= 0.3 is 6.09 Å². The van der Waals surface area contributed by atoms with Crippen molar-refractivity contribution in [3.05, 3.63) is 23.8 Å². The molecule has 1 aromatic rings. The first-order chi connectivity index (χ1) is 8.81. The Kier molecular flexibility index (Phi) is 5.03. The van der Waals surface area contributed by atoms with Crippen LogP contribution in [0.5, 0.6) is 11.5 Å². The first kappa shape index (κ1) is 15.1. The van der Waals surface area contributed by atoms with E-state index in [0.29, 0.717) is 18.7 Å². The van der Waals surface area contributed by atoms with Gasteiger partial charge in [-0.2, -0.15) is 0 Å². The summed E-state index contributed by atoms with van der Waals surface area (Å²) in [6, 6.07) is 5.08. The summed E-state index contributed by atoms with van der Waals surface area (Å²) >= 11 is 0. The first-order valence-corrected chi connectivity index (χ1v) is 6.14. The third kappa shape index (κ3) is 5.50. The molecule has 0 saturated heterocycles. The Morgan fingerprint density at radius 3 is 2.58 bits per heavy atom. The number of hydrogen-bond donors (Lipinski definition) is 2. The monoisotopic (exact) mass is 267 g/mol. The highest BCUT2D eigenvalue weighted by atomic mass is 16.6. The molecule has 0 bridgehead atoms. The minimum absolute atomic E-state index is 0.158. The number of benzene rings is 1. The van der Waals surface area contributed by atoms with Crippen LogP contribution in [0.3, 0.4) is 0 Å². The summed E-state index contributed by atoms with van der Waals surface area (Å²) in [5.74, 6) is 0.756. The molecule has 0 unspecified atom stereocenters. The van der Waals surface area contributed by atoms with Crippen molar-refractivity contribution in [3.8, 4) is 11.5 Å². The molecule has 1 aromatic carbocycles.